The molecule has 0 aliphatic carbocycles. The summed E-state index contributed by atoms with van der Waals surface area (Å²) >= 11 is 5.78. The van der Waals surface area contributed by atoms with Crippen LogP contribution in [0.3, 0.4) is 0 Å². The Morgan fingerprint density at radius 1 is 1.10 bits per heavy atom. The molecule has 0 aromatic heterocycles. The Morgan fingerprint density at radius 2 is 1.75 bits per heavy atom. The van der Waals surface area contributed by atoms with Crippen LogP contribution >= 0.6 is 11.6 Å². The quantitative estimate of drug-likeness (QED) is 0.785. The molecule has 4 heteroatoms. The summed E-state index contributed by atoms with van der Waals surface area (Å²) in [5, 5.41) is 0.622. The maximum atomic E-state index is 11.8. The van der Waals surface area contributed by atoms with E-state index in [-0.39, 0.29) is 6.61 Å². The first kappa shape index (κ1) is 14.4. The lowest BCUT2D eigenvalue weighted by molar-refractivity contribution is -0.152. The molecule has 0 unspecified atom stereocenters. The molecule has 0 spiro atoms. The van der Waals surface area contributed by atoms with E-state index >= 15 is 0 Å². The van der Waals surface area contributed by atoms with Crippen molar-refractivity contribution in [3.63, 3.8) is 0 Å². The summed E-state index contributed by atoms with van der Waals surface area (Å²) in [6.45, 7) is 1.90. The van der Waals surface area contributed by atoms with Gasteiger partial charge in [-0.2, -0.15) is 0 Å². The molecule has 1 atom stereocenters. The predicted molar refractivity (Wildman–Crippen MR) is 77.8 cm³/mol. The highest BCUT2D eigenvalue weighted by atomic mass is 35.5. The van der Waals surface area contributed by atoms with Gasteiger partial charge in [-0.05, 0) is 36.8 Å². The molecule has 0 aliphatic heterocycles. The molecular weight excluding hydrogens is 276 g/mol. The highest BCUT2D eigenvalue weighted by Gasteiger charge is 2.16. The van der Waals surface area contributed by atoms with Crippen molar-refractivity contribution in [1.29, 1.82) is 0 Å². The first-order valence-corrected chi connectivity index (χ1v) is 6.66. The molecule has 0 bridgehead atoms. The lowest BCUT2D eigenvalue weighted by Gasteiger charge is -2.14. The Kier molecular flexibility index (Phi) is 5.02. The average molecular weight is 291 g/mol. The summed E-state index contributed by atoms with van der Waals surface area (Å²) in [7, 11) is 0. The molecule has 0 aliphatic rings. The molecule has 0 saturated heterocycles. The molecule has 0 amide bonds. The first-order chi connectivity index (χ1) is 9.65. The molecule has 0 fully saturated rings. The lowest BCUT2D eigenvalue weighted by atomic mass is 10.2. The van der Waals surface area contributed by atoms with Crippen LogP contribution in [0.15, 0.2) is 54.6 Å². The van der Waals surface area contributed by atoms with Crippen LogP contribution in [0, 0.1) is 0 Å². The van der Waals surface area contributed by atoms with Gasteiger partial charge in [0.1, 0.15) is 12.4 Å². The van der Waals surface area contributed by atoms with E-state index in [0.717, 1.165) is 5.56 Å². The Labute approximate surface area is 123 Å². The fraction of sp³-hybridized carbons (Fsp3) is 0.188. The molecular formula is C16H15ClO3. The molecule has 20 heavy (non-hydrogen) atoms. The third kappa shape index (κ3) is 4.28. The number of esters is 1. The van der Waals surface area contributed by atoms with Gasteiger partial charge in [-0.25, -0.2) is 4.79 Å². The maximum Gasteiger partial charge on any atom is 0.347 e. The van der Waals surface area contributed by atoms with Crippen LogP contribution in [0.5, 0.6) is 5.75 Å². The van der Waals surface area contributed by atoms with Crippen molar-refractivity contribution >= 4 is 17.6 Å². The fourth-order valence-corrected chi connectivity index (χ4v) is 1.74. The molecule has 0 saturated carbocycles. The van der Waals surface area contributed by atoms with Crippen LogP contribution in [0.4, 0.5) is 0 Å². The standard InChI is InChI=1S/C16H15ClO3/c1-12(20-15-9-7-14(17)8-10-15)16(18)19-11-13-5-3-2-4-6-13/h2-10,12H,11H2,1H3/t12-/m0/s1. The minimum atomic E-state index is -0.667. The summed E-state index contributed by atoms with van der Waals surface area (Å²) in [5.41, 5.74) is 0.944. The summed E-state index contributed by atoms with van der Waals surface area (Å²) in [6, 6.07) is 16.4. The van der Waals surface area contributed by atoms with Crippen molar-refractivity contribution in [2.24, 2.45) is 0 Å². The van der Waals surface area contributed by atoms with Crippen molar-refractivity contribution in [3.05, 3.63) is 65.2 Å². The lowest BCUT2D eigenvalue weighted by Crippen LogP contribution is -2.25. The van der Waals surface area contributed by atoms with E-state index < -0.39 is 12.1 Å². The molecule has 2 aromatic carbocycles. The van der Waals surface area contributed by atoms with Gasteiger partial charge in [0.15, 0.2) is 6.10 Å². The molecule has 3 nitrogen and oxygen atoms in total. The van der Waals surface area contributed by atoms with E-state index in [1.165, 1.54) is 0 Å². The topological polar surface area (TPSA) is 35.5 Å². The van der Waals surface area contributed by atoms with Crippen molar-refractivity contribution < 1.29 is 14.3 Å². The number of carbonyl (C=O) groups is 1. The second-order valence-corrected chi connectivity index (χ2v) is 4.74. The molecule has 104 valence electrons. The van der Waals surface area contributed by atoms with E-state index in [1.807, 2.05) is 30.3 Å². The second kappa shape index (κ2) is 6.96. The minimum Gasteiger partial charge on any atom is -0.479 e. The van der Waals surface area contributed by atoms with E-state index in [9.17, 15) is 4.79 Å². The summed E-state index contributed by atoms with van der Waals surface area (Å²) in [6.07, 6.45) is -0.667. The molecule has 0 radical (unpaired) electrons. The van der Waals surface area contributed by atoms with Crippen LogP contribution in [0.25, 0.3) is 0 Å². The van der Waals surface area contributed by atoms with E-state index in [0.29, 0.717) is 10.8 Å². The average Bonchev–Trinajstić information content (AvgIpc) is 2.48. The Bertz CT molecular complexity index is 552. The highest BCUT2D eigenvalue weighted by Crippen LogP contribution is 2.17. The van der Waals surface area contributed by atoms with Crippen LogP contribution in [0.1, 0.15) is 12.5 Å². The van der Waals surface area contributed by atoms with Crippen LogP contribution in [-0.4, -0.2) is 12.1 Å². The number of hydrogen-bond acceptors (Lipinski definition) is 3. The van der Waals surface area contributed by atoms with Crippen LogP contribution < -0.4 is 4.74 Å². The molecule has 0 N–H and O–H groups in total. The molecule has 2 aromatic rings. The number of hydrogen-bond donors (Lipinski definition) is 0. The zero-order valence-corrected chi connectivity index (χ0v) is 11.8. The fourth-order valence-electron chi connectivity index (χ4n) is 1.61. The van der Waals surface area contributed by atoms with Gasteiger partial charge in [-0.15, -0.1) is 0 Å². The smallest absolute Gasteiger partial charge is 0.347 e. The number of benzene rings is 2. The zero-order chi connectivity index (χ0) is 14.4. The monoisotopic (exact) mass is 290 g/mol. The first-order valence-electron chi connectivity index (χ1n) is 6.28. The van der Waals surface area contributed by atoms with Crippen molar-refractivity contribution in [2.75, 3.05) is 0 Å². The van der Waals surface area contributed by atoms with Gasteiger partial charge in [0.25, 0.3) is 0 Å². The normalized spacial score (nSPS) is 11.7. The van der Waals surface area contributed by atoms with Gasteiger partial charge in [-0.1, -0.05) is 41.9 Å². The largest absolute Gasteiger partial charge is 0.479 e. The highest BCUT2D eigenvalue weighted by molar-refractivity contribution is 6.30. The van der Waals surface area contributed by atoms with Crippen molar-refractivity contribution in [1.82, 2.24) is 0 Å². The third-order valence-corrected chi connectivity index (χ3v) is 2.93. The van der Waals surface area contributed by atoms with Gasteiger partial charge < -0.3 is 9.47 Å². The maximum absolute atomic E-state index is 11.8. The van der Waals surface area contributed by atoms with E-state index in [1.54, 1.807) is 31.2 Å². The van der Waals surface area contributed by atoms with Gasteiger partial charge in [-0.3, -0.25) is 0 Å². The number of rotatable bonds is 5. The minimum absolute atomic E-state index is 0.244. The summed E-state index contributed by atoms with van der Waals surface area (Å²) in [5.74, 6) is 0.183. The van der Waals surface area contributed by atoms with Crippen molar-refractivity contribution in [3.8, 4) is 5.75 Å². The van der Waals surface area contributed by atoms with Gasteiger partial charge >= 0.3 is 5.97 Å². The van der Waals surface area contributed by atoms with Gasteiger partial charge in [0, 0.05) is 5.02 Å². The summed E-state index contributed by atoms with van der Waals surface area (Å²) in [4.78, 5) is 11.8. The number of halogens is 1. The van der Waals surface area contributed by atoms with Gasteiger partial charge in [0.05, 0.1) is 0 Å². The Morgan fingerprint density at radius 3 is 2.40 bits per heavy atom. The van der Waals surface area contributed by atoms with E-state index in [2.05, 4.69) is 0 Å². The van der Waals surface area contributed by atoms with Crippen LogP contribution in [0.2, 0.25) is 5.02 Å². The predicted octanol–water partition coefficient (Wildman–Crippen LogP) is 3.85. The summed E-state index contributed by atoms with van der Waals surface area (Å²) < 4.78 is 10.7. The van der Waals surface area contributed by atoms with Crippen molar-refractivity contribution in [2.45, 2.75) is 19.6 Å². The van der Waals surface area contributed by atoms with Gasteiger partial charge in [0.2, 0.25) is 0 Å². The Balaban J connectivity index is 1.84. The number of carbonyl (C=O) groups excluding carboxylic acids is 1. The Hall–Kier alpha value is -2.00. The zero-order valence-electron chi connectivity index (χ0n) is 11.1. The number of ether oxygens (including phenoxy) is 2. The van der Waals surface area contributed by atoms with E-state index in [4.69, 9.17) is 21.1 Å². The second-order valence-electron chi connectivity index (χ2n) is 4.31. The molecule has 0 heterocycles. The van der Waals surface area contributed by atoms with Crippen LogP contribution in [-0.2, 0) is 16.1 Å². The third-order valence-electron chi connectivity index (χ3n) is 2.68. The SMILES string of the molecule is C[C@H](Oc1ccc(Cl)cc1)C(=O)OCc1ccccc1. The molecule has 2 rings (SSSR count).